The molecule has 6 atom stereocenters. The first-order valence-electron chi connectivity index (χ1n) is 11.4. The zero-order valence-corrected chi connectivity index (χ0v) is 17.7. The highest BCUT2D eigenvalue weighted by atomic mass is 16.3. The van der Waals surface area contributed by atoms with Gasteiger partial charge in [-0.15, -0.1) is 0 Å². The molecule has 4 aliphatic carbocycles. The van der Waals surface area contributed by atoms with Gasteiger partial charge in [-0.25, -0.2) is 0 Å². The van der Waals surface area contributed by atoms with Gasteiger partial charge in [0.15, 0.2) is 0 Å². The highest BCUT2D eigenvalue weighted by molar-refractivity contribution is 5.82. The summed E-state index contributed by atoms with van der Waals surface area (Å²) in [6.45, 7) is 5.14. The lowest BCUT2D eigenvalue weighted by atomic mass is 9.45. The monoisotopic (exact) mass is 391 g/mol. The van der Waals surface area contributed by atoms with Crippen LogP contribution in [0.4, 0.5) is 0 Å². The molecule has 0 spiro atoms. The van der Waals surface area contributed by atoms with Gasteiger partial charge >= 0.3 is 0 Å². The van der Waals surface area contributed by atoms with E-state index in [9.17, 15) is 9.90 Å². The fourth-order valence-electron chi connectivity index (χ4n) is 7.61. The summed E-state index contributed by atoms with van der Waals surface area (Å²) in [6, 6.07) is 4.25. The quantitative estimate of drug-likeness (QED) is 0.719. The molecular formula is C26H33NO2. The highest BCUT2D eigenvalue weighted by Gasteiger charge is 2.58. The van der Waals surface area contributed by atoms with E-state index in [1.807, 2.05) is 18.5 Å². The van der Waals surface area contributed by atoms with Gasteiger partial charge in [0.2, 0.25) is 0 Å². The SMILES string of the molecule is C[C@]12CCC(=O)CC1=C[C@@H](CCO)[C@@H]1[C@@H]2CC[C@]2(C)C(c3cccnc3)=CC[C@@H]12. The van der Waals surface area contributed by atoms with E-state index in [-0.39, 0.29) is 17.4 Å². The molecule has 2 saturated carbocycles. The van der Waals surface area contributed by atoms with Crippen LogP contribution in [-0.4, -0.2) is 22.5 Å². The second-order valence-corrected chi connectivity index (χ2v) is 10.3. The van der Waals surface area contributed by atoms with Gasteiger partial charge in [0.25, 0.3) is 0 Å². The van der Waals surface area contributed by atoms with E-state index in [4.69, 9.17) is 0 Å². The Labute approximate surface area is 174 Å². The van der Waals surface area contributed by atoms with Crippen LogP contribution in [0, 0.1) is 34.5 Å². The van der Waals surface area contributed by atoms with Crippen LogP contribution >= 0.6 is 0 Å². The molecule has 1 heterocycles. The van der Waals surface area contributed by atoms with Crippen molar-refractivity contribution in [1.29, 1.82) is 0 Å². The number of carbonyl (C=O) groups excluding carboxylic acids is 1. The van der Waals surface area contributed by atoms with Crippen molar-refractivity contribution in [2.75, 3.05) is 6.61 Å². The van der Waals surface area contributed by atoms with Gasteiger partial charge in [-0.1, -0.05) is 37.6 Å². The van der Waals surface area contributed by atoms with Crippen LogP contribution in [-0.2, 0) is 4.79 Å². The second-order valence-electron chi connectivity index (χ2n) is 10.3. The lowest BCUT2D eigenvalue weighted by Gasteiger charge is -2.59. The van der Waals surface area contributed by atoms with Crippen molar-refractivity contribution in [2.45, 2.75) is 58.8 Å². The molecule has 1 aromatic heterocycles. The van der Waals surface area contributed by atoms with E-state index in [2.05, 4.69) is 37.0 Å². The minimum Gasteiger partial charge on any atom is -0.396 e. The number of aliphatic hydroxyl groups is 1. The third-order valence-corrected chi connectivity index (χ3v) is 9.12. The van der Waals surface area contributed by atoms with Crippen molar-refractivity contribution in [3.8, 4) is 0 Å². The zero-order chi connectivity index (χ0) is 20.2. The molecule has 5 rings (SSSR count). The standard InChI is InChI=1S/C26H33NO2/c1-25-10-7-20(29)15-19(25)14-17(9-13-28)24-22-6-5-21(18-4-3-12-27-16-18)26(22,2)11-8-23(24)25/h3-5,12,14,16-17,22-24,28H,6-11,13,15H2,1-2H3/t17-,22+,23+,24+,25+,26-/m1/s1. The topological polar surface area (TPSA) is 50.2 Å². The average Bonchev–Trinajstić information content (AvgIpc) is 3.07. The molecule has 3 nitrogen and oxygen atoms in total. The van der Waals surface area contributed by atoms with Crippen LogP contribution in [0.15, 0.2) is 42.3 Å². The Balaban J connectivity index is 1.54. The molecule has 3 heteroatoms. The summed E-state index contributed by atoms with van der Waals surface area (Å²) < 4.78 is 0. The summed E-state index contributed by atoms with van der Waals surface area (Å²) in [7, 11) is 0. The van der Waals surface area contributed by atoms with Gasteiger partial charge in [0.1, 0.15) is 5.78 Å². The lowest BCUT2D eigenvalue weighted by Crippen LogP contribution is -2.52. The Morgan fingerprint density at radius 1 is 1.21 bits per heavy atom. The predicted molar refractivity (Wildman–Crippen MR) is 115 cm³/mol. The molecule has 2 fully saturated rings. The minimum atomic E-state index is 0.170. The van der Waals surface area contributed by atoms with Gasteiger partial charge in [-0.3, -0.25) is 9.78 Å². The smallest absolute Gasteiger partial charge is 0.136 e. The van der Waals surface area contributed by atoms with Crippen molar-refractivity contribution < 1.29 is 9.90 Å². The van der Waals surface area contributed by atoms with E-state index in [1.54, 1.807) is 0 Å². The predicted octanol–water partition coefficient (Wildman–Crippen LogP) is 5.22. The van der Waals surface area contributed by atoms with Crippen molar-refractivity contribution in [1.82, 2.24) is 4.98 Å². The van der Waals surface area contributed by atoms with Gasteiger partial charge in [0.05, 0.1) is 0 Å². The number of nitrogens with zero attached hydrogens (tertiary/aromatic N) is 1. The Morgan fingerprint density at radius 2 is 2.07 bits per heavy atom. The number of hydrogen-bond donors (Lipinski definition) is 1. The fraction of sp³-hybridized carbons (Fsp3) is 0.615. The number of pyridine rings is 1. The van der Waals surface area contributed by atoms with Gasteiger partial charge in [-0.05, 0) is 83.8 Å². The van der Waals surface area contributed by atoms with Crippen LogP contribution in [0.3, 0.4) is 0 Å². The second kappa shape index (κ2) is 6.91. The van der Waals surface area contributed by atoms with E-state index >= 15 is 0 Å². The average molecular weight is 392 g/mol. The molecular weight excluding hydrogens is 358 g/mol. The number of aliphatic hydroxyl groups excluding tert-OH is 1. The van der Waals surface area contributed by atoms with Crippen molar-refractivity contribution in [2.24, 2.45) is 34.5 Å². The van der Waals surface area contributed by atoms with E-state index in [0.717, 1.165) is 25.7 Å². The molecule has 0 saturated heterocycles. The maximum Gasteiger partial charge on any atom is 0.136 e. The Morgan fingerprint density at radius 3 is 2.83 bits per heavy atom. The third kappa shape index (κ3) is 2.80. The minimum absolute atomic E-state index is 0.170. The Bertz CT molecular complexity index is 872. The molecule has 0 unspecified atom stereocenters. The van der Waals surface area contributed by atoms with Crippen LogP contribution in [0.2, 0.25) is 0 Å². The van der Waals surface area contributed by atoms with E-state index in [0.29, 0.717) is 35.9 Å². The number of fused-ring (bicyclic) bond motifs is 5. The molecule has 0 aromatic carbocycles. The molecule has 4 aliphatic rings. The lowest BCUT2D eigenvalue weighted by molar-refractivity contribution is -0.122. The third-order valence-electron chi connectivity index (χ3n) is 9.12. The highest BCUT2D eigenvalue weighted by Crippen LogP contribution is 2.67. The molecule has 154 valence electrons. The number of ketones is 1. The summed E-state index contributed by atoms with van der Waals surface area (Å²) >= 11 is 0. The number of rotatable bonds is 3. The molecule has 0 bridgehead atoms. The van der Waals surface area contributed by atoms with Crippen molar-refractivity contribution in [3.63, 3.8) is 0 Å². The molecule has 1 aromatic rings. The first-order chi connectivity index (χ1) is 14.0. The maximum atomic E-state index is 12.2. The van der Waals surface area contributed by atoms with E-state index in [1.165, 1.54) is 29.6 Å². The van der Waals surface area contributed by atoms with Crippen LogP contribution in [0.25, 0.3) is 5.57 Å². The summed E-state index contributed by atoms with van der Waals surface area (Å²) in [5, 5.41) is 9.84. The van der Waals surface area contributed by atoms with Gasteiger partial charge in [-0.2, -0.15) is 0 Å². The zero-order valence-electron chi connectivity index (χ0n) is 17.7. The summed E-state index contributed by atoms with van der Waals surface area (Å²) in [5.41, 5.74) is 4.50. The van der Waals surface area contributed by atoms with Gasteiger partial charge in [0, 0.05) is 31.8 Å². The number of hydrogen-bond acceptors (Lipinski definition) is 3. The van der Waals surface area contributed by atoms with Crippen LogP contribution < -0.4 is 0 Å². The number of allylic oxidation sites excluding steroid dienone is 4. The molecule has 1 N–H and O–H groups in total. The Hall–Kier alpha value is -1.74. The summed E-state index contributed by atoms with van der Waals surface area (Å²) in [5.74, 6) is 2.63. The van der Waals surface area contributed by atoms with Crippen LogP contribution in [0.1, 0.15) is 64.4 Å². The molecule has 0 radical (unpaired) electrons. The molecule has 0 amide bonds. The van der Waals surface area contributed by atoms with E-state index < -0.39 is 0 Å². The largest absolute Gasteiger partial charge is 0.396 e. The summed E-state index contributed by atoms with van der Waals surface area (Å²) in [6.07, 6.45) is 15.6. The number of aromatic nitrogens is 1. The van der Waals surface area contributed by atoms with Crippen LogP contribution in [0.5, 0.6) is 0 Å². The summed E-state index contributed by atoms with van der Waals surface area (Å²) in [4.78, 5) is 16.6. The Kier molecular flexibility index (Phi) is 4.58. The first kappa shape index (κ1) is 19.2. The van der Waals surface area contributed by atoms with Crippen molar-refractivity contribution in [3.05, 3.63) is 47.8 Å². The van der Waals surface area contributed by atoms with Gasteiger partial charge < -0.3 is 5.11 Å². The number of Topliss-reactive ketones (excluding diaryl/α,β-unsaturated/α-hetero) is 1. The fourth-order valence-corrected chi connectivity index (χ4v) is 7.61. The normalized spacial score (nSPS) is 41.1. The molecule has 29 heavy (non-hydrogen) atoms. The maximum absolute atomic E-state index is 12.2. The molecule has 0 aliphatic heterocycles. The first-order valence-corrected chi connectivity index (χ1v) is 11.4. The number of carbonyl (C=O) groups is 1. The van der Waals surface area contributed by atoms with Crippen molar-refractivity contribution >= 4 is 11.4 Å².